The molecule has 1 aromatic heterocycles. The van der Waals surface area contributed by atoms with Gasteiger partial charge in [0.15, 0.2) is 4.67 Å². The molecule has 0 atom stereocenters. The van der Waals surface area contributed by atoms with E-state index in [-0.39, 0.29) is 5.54 Å². The molecular formula is C10H15Br2NO. The van der Waals surface area contributed by atoms with Crippen LogP contribution < -0.4 is 5.32 Å². The normalized spacial score (nSPS) is 12.1. The summed E-state index contributed by atoms with van der Waals surface area (Å²) in [5.41, 5.74) is 0.168. The molecule has 0 fully saturated rings. The molecule has 0 radical (unpaired) electrons. The van der Waals surface area contributed by atoms with E-state index in [4.69, 9.17) is 4.42 Å². The van der Waals surface area contributed by atoms with E-state index in [0.717, 1.165) is 27.9 Å². The van der Waals surface area contributed by atoms with Crippen molar-refractivity contribution in [3.8, 4) is 0 Å². The zero-order valence-corrected chi connectivity index (χ0v) is 11.8. The number of nitrogens with one attached hydrogen (secondary N) is 1. The van der Waals surface area contributed by atoms with E-state index in [2.05, 4.69) is 57.9 Å². The van der Waals surface area contributed by atoms with Gasteiger partial charge in [0.1, 0.15) is 5.76 Å². The second kappa shape index (κ2) is 4.81. The third kappa shape index (κ3) is 4.15. The molecule has 1 N–H and O–H groups in total. The largest absolute Gasteiger partial charge is 0.453 e. The molecule has 1 rings (SSSR count). The first-order chi connectivity index (χ1) is 6.38. The smallest absolute Gasteiger partial charge is 0.183 e. The molecule has 0 aliphatic heterocycles. The molecule has 0 aliphatic rings. The molecule has 0 spiro atoms. The van der Waals surface area contributed by atoms with Crippen molar-refractivity contribution in [1.29, 1.82) is 0 Å². The summed E-state index contributed by atoms with van der Waals surface area (Å²) in [5.74, 6) is 0.987. The summed E-state index contributed by atoms with van der Waals surface area (Å²) in [4.78, 5) is 0. The van der Waals surface area contributed by atoms with Gasteiger partial charge in [0.25, 0.3) is 0 Å². The van der Waals surface area contributed by atoms with E-state index in [0.29, 0.717) is 0 Å². The first kappa shape index (κ1) is 12.3. The van der Waals surface area contributed by atoms with Gasteiger partial charge in [0.05, 0.1) is 4.47 Å². The molecular weight excluding hydrogens is 310 g/mol. The van der Waals surface area contributed by atoms with Crippen molar-refractivity contribution < 1.29 is 4.42 Å². The van der Waals surface area contributed by atoms with Crippen molar-refractivity contribution in [2.75, 3.05) is 6.54 Å². The van der Waals surface area contributed by atoms with E-state index < -0.39 is 0 Å². The topological polar surface area (TPSA) is 25.2 Å². The highest BCUT2D eigenvalue weighted by molar-refractivity contribution is 9.13. The molecule has 0 unspecified atom stereocenters. The van der Waals surface area contributed by atoms with Crippen LogP contribution in [0.3, 0.4) is 0 Å². The molecule has 1 heterocycles. The van der Waals surface area contributed by atoms with Crippen molar-refractivity contribution in [3.63, 3.8) is 0 Å². The highest BCUT2D eigenvalue weighted by atomic mass is 79.9. The van der Waals surface area contributed by atoms with Gasteiger partial charge in [-0.1, -0.05) is 0 Å². The van der Waals surface area contributed by atoms with Crippen LogP contribution in [-0.4, -0.2) is 12.1 Å². The monoisotopic (exact) mass is 323 g/mol. The van der Waals surface area contributed by atoms with Gasteiger partial charge >= 0.3 is 0 Å². The number of hydrogen-bond donors (Lipinski definition) is 1. The third-order valence-corrected chi connectivity index (χ3v) is 3.43. The van der Waals surface area contributed by atoms with Crippen LogP contribution in [0, 0.1) is 0 Å². The SMILES string of the molecule is CC(C)(C)NCCc1cc(Br)c(Br)o1. The first-order valence-electron chi connectivity index (χ1n) is 4.57. The van der Waals surface area contributed by atoms with Crippen LogP contribution in [0.1, 0.15) is 26.5 Å². The summed E-state index contributed by atoms with van der Waals surface area (Å²) in [6, 6.07) is 1.99. The number of hydrogen-bond acceptors (Lipinski definition) is 2. The van der Waals surface area contributed by atoms with Gasteiger partial charge in [-0.05, 0) is 58.7 Å². The van der Waals surface area contributed by atoms with E-state index in [1.807, 2.05) is 6.07 Å². The van der Waals surface area contributed by atoms with E-state index in [9.17, 15) is 0 Å². The maximum absolute atomic E-state index is 5.46. The Labute approximate surface area is 102 Å². The minimum absolute atomic E-state index is 0.168. The summed E-state index contributed by atoms with van der Waals surface area (Å²) in [6.07, 6.45) is 0.904. The fraction of sp³-hybridized carbons (Fsp3) is 0.600. The molecule has 0 saturated heterocycles. The van der Waals surface area contributed by atoms with Crippen molar-refractivity contribution in [2.45, 2.75) is 32.7 Å². The minimum atomic E-state index is 0.168. The average molecular weight is 325 g/mol. The summed E-state index contributed by atoms with van der Waals surface area (Å²) in [7, 11) is 0. The fourth-order valence-electron chi connectivity index (χ4n) is 1.08. The quantitative estimate of drug-likeness (QED) is 0.916. The molecule has 0 aliphatic carbocycles. The standard InChI is InChI=1S/C10H15Br2NO/c1-10(2,3)13-5-4-7-6-8(11)9(12)14-7/h6,13H,4-5H2,1-3H3. The Bertz CT molecular complexity index is 282. The first-order valence-corrected chi connectivity index (χ1v) is 6.16. The summed E-state index contributed by atoms with van der Waals surface area (Å²) >= 11 is 6.70. The fourth-order valence-corrected chi connectivity index (χ4v) is 1.73. The van der Waals surface area contributed by atoms with Gasteiger partial charge in [-0.15, -0.1) is 0 Å². The van der Waals surface area contributed by atoms with E-state index in [1.54, 1.807) is 0 Å². The Morgan fingerprint density at radius 3 is 2.43 bits per heavy atom. The Hall–Kier alpha value is 0.200. The lowest BCUT2D eigenvalue weighted by atomic mass is 10.1. The molecule has 0 bridgehead atoms. The second-order valence-corrected chi connectivity index (χ2v) is 5.84. The molecule has 0 aromatic carbocycles. The predicted octanol–water partition coefficient (Wildman–Crippen LogP) is 3.74. The molecule has 14 heavy (non-hydrogen) atoms. The number of halogens is 2. The van der Waals surface area contributed by atoms with Crippen LogP contribution in [0.4, 0.5) is 0 Å². The lowest BCUT2D eigenvalue weighted by molar-refractivity contribution is 0.411. The van der Waals surface area contributed by atoms with Crippen LogP contribution in [0.5, 0.6) is 0 Å². The van der Waals surface area contributed by atoms with E-state index >= 15 is 0 Å². The predicted molar refractivity (Wildman–Crippen MR) is 65.6 cm³/mol. The Morgan fingerprint density at radius 1 is 1.36 bits per heavy atom. The lowest BCUT2D eigenvalue weighted by Gasteiger charge is -2.19. The molecule has 80 valence electrons. The maximum Gasteiger partial charge on any atom is 0.183 e. The van der Waals surface area contributed by atoms with Gasteiger partial charge < -0.3 is 9.73 Å². The average Bonchev–Trinajstić information content (AvgIpc) is 2.28. The zero-order chi connectivity index (χ0) is 10.8. The third-order valence-electron chi connectivity index (χ3n) is 1.72. The highest BCUT2D eigenvalue weighted by Crippen LogP contribution is 2.26. The van der Waals surface area contributed by atoms with Crippen LogP contribution in [0.25, 0.3) is 0 Å². The summed E-state index contributed by atoms with van der Waals surface area (Å²) in [6.45, 7) is 7.39. The molecule has 1 aromatic rings. The van der Waals surface area contributed by atoms with Crippen molar-refractivity contribution >= 4 is 31.9 Å². The minimum Gasteiger partial charge on any atom is -0.453 e. The van der Waals surface area contributed by atoms with Gasteiger partial charge in [0.2, 0.25) is 0 Å². The Morgan fingerprint density at radius 2 is 2.00 bits per heavy atom. The summed E-state index contributed by atoms with van der Waals surface area (Å²) in [5, 5.41) is 3.41. The van der Waals surface area contributed by atoms with Gasteiger partial charge in [-0.3, -0.25) is 0 Å². The van der Waals surface area contributed by atoms with Crippen LogP contribution >= 0.6 is 31.9 Å². The van der Waals surface area contributed by atoms with Crippen LogP contribution in [-0.2, 0) is 6.42 Å². The highest BCUT2D eigenvalue weighted by Gasteiger charge is 2.10. The molecule has 4 heteroatoms. The van der Waals surface area contributed by atoms with Crippen molar-refractivity contribution in [3.05, 3.63) is 21.0 Å². The molecule has 2 nitrogen and oxygen atoms in total. The van der Waals surface area contributed by atoms with Gasteiger partial charge in [0, 0.05) is 18.5 Å². The number of rotatable bonds is 3. The van der Waals surface area contributed by atoms with Crippen molar-refractivity contribution in [1.82, 2.24) is 5.32 Å². The molecule has 0 amide bonds. The molecule has 0 saturated carbocycles. The number of furan rings is 1. The lowest BCUT2D eigenvalue weighted by Crippen LogP contribution is -2.37. The van der Waals surface area contributed by atoms with Crippen molar-refractivity contribution in [2.24, 2.45) is 0 Å². The van der Waals surface area contributed by atoms with E-state index in [1.165, 1.54) is 0 Å². The zero-order valence-electron chi connectivity index (χ0n) is 8.66. The Balaban J connectivity index is 2.39. The maximum atomic E-state index is 5.46. The van der Waals surface area contributed by atoms with Gasteiger partial charge in [-0.2, -0.15) is 0 Å². The van der Waals surface area contributed by atoms with Crippen LogP contribution in [0.15, 0.2) is 19.6 Å². The van der Waals surface area contributed by atoms with Gasteiger partial charge in [-0.25, -0.2) is 0 Å². The Kier molecular flexibility index (Phi) is 4.22. The second-order valence-electron chi connectivity index (χ2n) is 4.26. The summed E-state index contributed by atoms with van der Waals surface area (Å²) < 4.78 is 7.20. The van der Waals surface area contributed by atoms with Crippen LogP contribution in [0.2, 0.25) is 0 Å².